The lowest BCUT2D eigenvalue weighted by atomic mass is 9.84. The van der Waals surface area contributed by atoms with Gasteiger partial charge in [0.25, 0.3) is 0 Å². The van der Waals surface area contributed by atoms with Crippen LogP contribution in [0.1, 0.15) is 18.4 Å². The summed E-state index contributed by atoms with van der Waals surface area (Å²) in [6.07, 6.45) is 9.77. The van der Waals surface area contributed by atoms with E-state index in [0.29, 0.717) is 16.3 Å². The number of phenolic OH excluding ortho intramolecular Hbond substituents is 5. The largest absolute Gasteiger partial charge is 0.504 e. The third-order valence-corrected chi connectivity index (χ3v) is 8.01. The van der Waals surface area contributed by atoms with Gasteiger partial charge in [-0.05, 0) is 54.9 Å². The van der Waals surface area contributed by atoms with Crippen LogP contribution in [0.4, 0.5) is 0 Å². The molecule has 0 aliphatic carbocycles. The van der Waals surface area contributed by atoms with Crippen LogP contribution in [0.25, 0.3) is 54.6 Å². The predicted molar refractivity (Wildman–Crippen MR) is 175 cm³/mol. The minimum Gasteiger partial charge on any atom is -0.504 e. The first-order valence-electron chi connectivity index (χ1n) is 13.9. The Morgan fingerprint density at radius 1 is 0.535 bits per heavy atom. The molecular weight excluding hydrogens is 536 g/mol. The van der Waals surface area contributed by atoms with Crippen molar-refractivity contribution in [3.05, 3.63) is 127 Å². The molecule has 0 fully saturated rings. The molecule has 0 spiro atoms. The molecule has 0 aliphatic heterocycles. The van der Waals surface area contributed by atoms with E-state index in [1.165, 1.54) is 5.56 Å². The minimum atomic E-state index is -0.989. The molecule has 6 aromatic rings. The Balaban J connectivity index is 1.65. The number of benzene rings is 6. The van der Waals surface area contributed by atoms with Crippen molar-refractivity contribution < 1.29 is 25.5 Å². The summed E-state index contributed by atoms with van der Waals surface area (Å²) in [5.74, 6) is -4.05. The van der Waals surface area contributed by atoms with Gasteiger partial charge in [0.2, 0.25) is 17.2 Å². The summed E-state index contributed by atoms with van der Waals surface area (Å²) in [6, 6.07) is 28.0. The van der Waals surface area contributed by atoms with Crippen molar-refractivity contribution in [1.82, 2.24) is 0 Å². The molecule has 0 bridgehead atoms. The highest BCUT2D eigenvalue weighted by molar-refractivity contribution is 6.24. The molecule has 0 saturated heterocycles. The molecule has 0 amide bonds. The van der Waals surface area contributed by atoms with Gasteiger partial charge in [0.15, 0.2) is 11.5 Å². The van der Waals surface area contributed by atoms with Crippen LogP contribution in [0.5, 0.6) is 28.7 Å². The fourth-order valence-corrected chi connectivity index (χ4v) is 5.90. The summed E-state index contributed by atoms with van der Waals surface area (Å²) in [7, 11) is 0. The predicted octanol–water partition coefficient (Wildman–Crippen LogP) is 9.41. The molecule has 0 saturated carbocycles. The highest BCUT2D eigenvalue weighted by atomic mass is 16.4. The molecule has 0 heterocycles. The molecule has 1 unspecified atom stereocenters. The van der Waals surface area contributed by atoms with E-state index in [1.54, 1.807) is 6.08 Å². The average molecular weight is 567 g/mol. The second kappa shape index (κ2) is 11.0. The Labute approximate surface area is 248 Å². The van der Waals surface area contributed by atoms with Gasteiger partial charge in [-0.1, -0.05) is 129 Å². The van der Waals surface area contributed by atoms with Crippen LogP contribution < -0.4 is 0 Å². The Kier molecular flexibility index (Phi) is 7.00. The molecule has 5 N–H and O–H groups in total. The Hall–Kier alpha value is -5.68. The van der Waals surface area contributed by atoms with E-state index in [1.807, 2.05) is 72.8 Å². The van der Waals surface area contributed by atoms with Crippen molar-refractivity contribution in [3.63, 3.8) is 0 Å². The number of phenols is 5. The minimum absolute atomic E-state index is 0.167. The van der Waals surface area contributed by atoms with Gasteiger partial charge >= 0.3 is 0 Å². The number of allylic oxidation sites excluding steroid dienone is 5. The topological polar surface area (TPSA) is 101 Å². The molecule has 5 heteroatoms. The number of hydrogen-bond acceptors (Lipinski definition) is 5. The zero-order chi connectivity index (χ0) is 30.2. The molecule has 0 aliphatic rings. The van der Waals surface area contributed by atoms with Gasteiger partial charge in [-0.2, -0.15) is 0 Å². The molecule has 212 valence electrons. The van der Waals surface area contributed by atoms with Gasteiger partial charge < -0.3 is 25.5 Å². The van der Waals surface area contributed by atoms with Crippen LogP contribution in [-0.4, -0.2) is 25.5 Å². The summed E-state index contributed by atoms with van der Waals surface area (Å²) in [5.41, 5.74) is 3.44. The van der Waals surface area contributed by atoms with Crippen molar-refractivity contribution in [1.29, 1.82) is 0 Å². The summed E-state index contributed by atoms with van der Waals surface area (Å²) < 4.78 is 0. The molecule has 43 heavy (non-hydrogen) atoms. The van der Waals surface area contributed by atoms with Crippen molar-refractivity contribution in [2.75, 3.05) is 0 Å². The maximum atomic E-state index is 10.9. The van der Waals surface area contributed by atoms with Gasteiger partial charge in [-0.3, -0.25) is 0 Å². The SMILES string of the molecule is C=C/C=C\C=CC(C)c1ccc2c(-c3c4ccccc4c(-c4c(O)c(O)c(O)c(O)c4O)c4ccccc34)cccc2c1. The molecule has 6 aromatic carbocycles. The van der Waals surface area contributed by atoms with E-state index in [-0.39, 0.29) is 11.5 Å². The first-order chi connectivity index (χ1) is 20.8. The molecule has 5 nitrogen and oxygen atoms in total. The molecule has 0 aromatic heterocycles. The quantitative estimate of drug-likeness (QED) is 0.0598. The fourth-order valence-electron chi connectivity index (χ4n) is 5.90. The van der Waals surface area contributed by atoms with E-state index in [9.17, 15) is 25.5 Å². The lowest BCUT2D eigenvalue weighted by Crippen LogP contribution is -1.94. The lowest BCUT2D eigenvalue weighted by Gasteiger charge is -2.20. The maximum Gasteiger partial charge on any atom is 0.208 e. The van der Waals surface area contributed by atoms with Crippen molar-refractivity contribution >= 4 is 32.3 Å². The van der Waals surface area contributed by atoms with E-state index in [2.05, 4.69) is 49.9 Å². The fraction of sp³-hybridized carbons (Fsp3) is 0.0526. The van der Waals surface area contributed by atoms with Gasteiger partial charge in [0.05, 0.1) is 5.56 Å². The van der Waals surface area contributed by atoms with E-state index >= 15 is 0 Å². The van der Waals surface area contributed by atoms with Crippen molar-refractivity contribution in [2.45, 2.75) is 12.8 Å². The second-order valence-electron chi connectivity index (χ2n) is 10.5. The second-order valence-corrected chi connectivity index (χ2v) is 10.5. The molecule has 6 rings (SSSR count). The monoisotopic (exact) mass is 566 g/mol. The summed E-state index contributed by atoms with van der Waals surface area (Å²) >= 11 is 0. The smallest absolute Gasteiger partial charge is 0.208 e. The normalized spacial score (nSPS) is 12.6. The van der Waals surface area contributed by atoms with Gasteiger partial charge in [0, 0.05) is 5.56 Å². The van der Waals surface area contributed by atoms with E-state index < -0.39 is 28.7 Å². The Bertz CT molecular complexity index is 2030. The highest BCUT2D eigenvalue weighted by Crippen LogP contribution is 2.57. The van der Waals surface area contributed by atoms with Crippen molar-refractivity contribution in [3.8, 4) is 51.0 Å². The summed E-state index contributed by atoms with van der Waals surface area (Å²) in [5, 5.41) is 58.0. The zero-order valence-electron chi connectivity index (χ0n) is 23.5. The number of hydrogen-bond donors (Lipinski definition) is 5. The van der Waals surface area contributed by atoms with Crippen LogP contribution in [0, 0.1) is 0 Å². The number of rotatable bonds is 6. The van der Waals surface area contributed by atoms with Gasteiger partial charge in [-0.15, -0.1) is 0 Å². The number of aromatic hydroxyl groups is 5. The van der Waals surface area contributed by atoms with Gasteiger partial charge in [0.1, 0.15) is 0 Å². The maximum absolute atomic E-state index is 10.9. The third-order valence-electron chi connectivity index (χ3n) is 8.01. The Morgan fingerprint density at radius 2 is 1.09 bits per heavy atom. The van der Waals surface area contributed by atoms with Crippen LogP contribution in [-0.2, 0) is 0 Å². The van der Waals surface area contributed by atoms with E-state index in [0.717, 1.165) is 32.7 Å². The van der Waals surface area contributed by atoms with Crippen LogP contribution in [0.15, 0.2) is 122 Å². The number of fused-ring (bicyclic) bond motifs is 3. The van der Waals surface area contributed by atoms with E-state index in [4.69, 9.17) is 0 Å². The lowest BCUT2D eigenvalue weighted by molar-refractivity contribution is 0.330. The van der Waals surface area contributed by atoms with Crippen LogP contribution in [0.2, 0.25) is 0 Å². The molecule has 1 atom stereocenters. The Morgan fingerprint density at radius 3 is 1.67 bits per heavy atom. The molecule has 0 radical (unpaired) electrons. The first kappa shape index (κ1) is 27.5. The van der Waals surface area contributed by atoms with Gasteiger partial charge in [-0.25, -0.2) is 0 Å². The molecular formula is C38H30O5. The standard InChI is InChI=1S/C38H30O5/c1-3-4-5-6-12-22(2)23-19-20-25-24(21-23)13-11-18-26(25)31-27-14-7-9-16-29(27)32(30-17-10-8-15-28(30)31)33-34(39)36(41)38(43)37(42)35(33)40/h3-22,39-43H,1H2,2H3/b5-4-,12-6?. The van der Waals surface area contributed by atoms with Crippen LogP contribution in [0.3, 0.4) is 0 Å². The zero-order valence-corrected chi connectivity index (χ0v) is 23.5. The van der Waals surface area contributed by atoms with Crippen molar-refractivity contribution in [2.24, 2.45) is 0 Å². The third kappa shape index (κ3) is 4.52. The van der Waals surface area contributed by atoms with Crippen LogP contribution >= 0.6 is 0 Å². The first-order valence-corrected chi connectivity index (χ1v) is 13.9. The summed E-state index contributed by atoms with van der Waals surface area (Å²) in [6.45, 7) is 5.87. The highest BCUT2D eigenvalue weighted by Gasteiger charge is 2.28. The average Bonchev–Trinajstić information content (AvgIpc) is 3.04. The summed E-state index contributed by atoms with van der Waals surface area (Å²) in [4.78, 5) is 0.